The summed E-state index contributed by atoms with van der Waals surface area (Å²) in [4.78, 5) is 17.5. The molecular formula is C9H15N3O3. The third-order valence-electron chi connectivity index (χ3n) is 3.04. The molecule has 1 fully saturated rings. The van der Waals surface area contributed by atoms with E-state index in [4.69, 9.17) is 9.94 Å². The van der Waals surface area contributed by atoms with Crippen molar-refractivity contribution in [2.24, 2.45) is 0 Å². The van der Waals surface area contributed by atoms with Gasteiger partial charge in [-0.2, -0.15) is 0 Å². The molecule has 84 valence electrons. The van der Waals surface area contributed by atoms with Crippen LogP contribution in [0.5, 0.6) is 0 Å². The number of hydrogen-bond acceptors (Lipinski definition) is 4. The molecule has 2 aliphatic rings. The van der Waals surface area contributed by atoms with Crippen molar-refractivity contribution < 1.29 is 14.7 Å². The lowest BCUT2D eigenvalue weighted by Gasteiger charge is -2.47. The van der Waals surface area contributed by atoms with Crippen molar-refractivity contribution in [1.29, 1.82) is 0 Å². The van der Waals surface area contributed by atoms with Crippen molar-refractivity contribution in [2.75, 3.05) is 6.54 Å². The van der Waals surface area contributed by atoms with Crippen molar-refractivity contribution in [1.82, 2.24) is 15.5 Å². The highest BCUT2D eigenvalue weighted by atomic mass is 16.7. The zero-order chi connectivity index (χ0) is 10.9. The summed E-state index contributed by atoms with van der Waals surface area (Å²) in [6.45, 7) is 2.46. The highest BCUT2D eigenvalue weighted by molar-refractivity contribution is 5.66. The molecule has 1 unspecified atom stereocenters. The first kappa shape index (κ1) is 10.1. The topological polar surface area (TPSA) is 65.0 Å². The highest BCUT2D eigenvalue weighted by Gasteiger charge is 2.43. The van der Waals surface area contributed by atoms with Crippen LogP contribution in [0.25, 0.3) is 0 Å². The number of rotatable bonds is 1. The summed E-state index contributed by atoms with van der Waals surface area (Å²) in [5.74, 6) is 0. The van der Waals surface area contributed by atoms with E-state index in [1.54, 1.807) is 11.2 Å². The largest absolute Gasteiger partial charge is 0.465 e. The van der Waals surface area contributed by atoms with Gasteiger partial charge >= 0.3 is 6.09 Å². The number of carboxylic acid groups (broad SMARTS) is 1. The van der Waals surface area contributed by atoms with Crippen LogP contribution in [-0.4, -0.2) is 33.3 Å². The van der Waals surface area contributed by atoms with Gasteiger partial charge in [0, 0.05) is 6.54 Å². The van der Waals surface area contributed by atoms with Crippen LogP contribution in [-0.2, 0) is 4.84 Å². The molecule has 2 N–H and O–H groups in total. The summed E-state index contributed by atoms with van der Waals surface area (Å²) in [5, 5.41) is 10.8. The summed E-state index contributed by atoms with van der Waals surface area (Å²) in [5.41, 5.74) is 2.11. The summed E-state index contributed by atoms with van der Waals surface area (Å²) < 4.78 is 0. The lowest BCUT2D eigenvalue weighted by atomic mass is 9.97. The van der Waals surface area contributed by atoms with Crippen LogP contribution in [0.1, 0.15) is 26.2 Å². The first-order valence-electron chi connectivity index (χ1n) is 5.02. The smallest absolute Gasteiger partial charge is 0.409 e. The van der Waals surface area contributed by atoms with Crippen molar-refractivity contribution >= 4 is 6.09 Å². The molecule has 15 heavy (non-hydrogen) atoms. The average molecular weight is 213 g/mol. The first-order chi connectivity index (χ1) is 7.14. The quantitative estimate of drug-likeness (QED) is 0.682. The monoisotopic (exact) mass is 213 g/mol. The van der Waals surface area contributed by atoms with E-state index >= 15 is 0 Å². The van der Waals surface area contributed by atoms with Gasteiger partial charge in [-0.15, -0.1) is 0 Å². The van der Waals surface area contributed by atoms with Gasteiger partial charge in [0.1, 0.15) is 11.9 Å². The van der Waals surface area contributed by atoms with E-state index in [0.29, 0.717) is 6.54 Å². The second-order valence-electron chi connectivity index (χ2n) is 3.97. The molecule has 0 radical (unpaired) electrons. The number of piperidine rings is 1. The lowest BCUT2D eigenvalue weighted by Crippen LogP contribution is -2.62. The van der Waals surface area contributed by atoms with Crippen LogP contribution in [0.4, 0.5) is 4.79 Å². The van der Waals surface area contributed by atoms with Crippen LogP contribution in [0.2, 0.25) is 0 Å². The van der Waals surface area contributed by atoms with Crippen LogP contribution in [0.3, 0.4) is 0 Å². The van der Waals surface area contributed by atoms with Crippen molar-refractivity contribution in [3.8, 4) is 0 Å². The van der Waals surface area contributed by atoms with Crippen molar-refractivity contribution in [3.05, 3.63) is 12.5 Å². The summed E-state index contributed by atoms with van der Waals surface area (Å²) in [6, 6.07) is 0. The average Bonchev–Trinajstić information content (AvgIpc) is 2.71. The summed E-state index contributed by atoms with van der Waals surface area (Å²) in [7, 11) is 0. The zero-order valence-electron chi connectivity index (χ0n) is 8.64. The van der Waals surface area contributed by atoms with E-state index in [1.165, 1.54) is 11.2 Å². The third kappa shape index (κ3) is 1.61. The summed E-state index contributed by atoms with van der Waals surface area (Å²) >= 11 is 0. The molecular weight excluding hydrogens is 198 g/mol. The number of carbonyl (C=O) groups is 1. The Kier molecular flexibility index (Phi) is 2.44. The van der Waals surface area contributed by atoms with Crippen LogP contribution >= 0.6 is 0 Å². The van der Waals surface area contributed by atoms with E-state index in [-0.39, 0.29) is 0 Å². The van der Waals surface area contributed by atoms with Crippen molar-refractivity contribution in [3.63, 3.8) is 0 Å². The number of nitrogens with zero attached hydrogens (tertiary/aromatic N) is 2. The number of likely N-dealkylation sites (tertiary alicyclic amines) is 1. The Hall–Kier alpha value is -1.43. The molecule has 6 heteroatoms. The van der Waals surface area contributed by atoms with Crippen LogP contribution in [0.15, 0.2) is 12.5 Å². The molecule has 2 rings (SSSR count). The zero-order valence-corrected chi connectivity index (χ0v) is 8.64. The molecule has 0 bridgehead atoms. The Balaban J connectivity index is 2.20. The minimum Gasteiger partial charge on any atom is -0.465 e. The maximum absolute atomic E-state index is 11.1. The van der Waals surface area contributed by atoms with Gasteiger partial charge in [0.05, 0.1) is 6.20 Å². The summed E-state index contributed by atoms with van der Waals surface area (Å²) in [6.07, 6.45) is 5.05. The minimum atomic E-state index is -0.890. The standard InChI is InChI=1S/C9H15N3O3/c1-9(12-6-7-15-10-12)4-2-3-5-11(9)8(13)14/h6-7,10H,2-5H2,1H3,(H,13,14). The van der Waals surface area contributed by atoms with Gasteiger partial charge in [-0.1, -0.05) is 5.59 Å². The van der Waals surface area contributed by atoms with Gasteiger partial charge in [0.15, 0.2) is 0 Å². The van der Waals surface area contributed by atoms with Gasteiger partial charge < -0.3 is 9.94 Å². The van der Waals surface area contributed by atoms with E-state index in [0.717, 1.165) is 19.3 Å². The Bertz CT molecular complexity index is 294. The lowest BCUT2D eigenvalue weighted by molar-refractivity contribution is -0.106. The second kappa shape index (κ2) is 3.62. The van der Waals surface area contributed by atoms with Gasteiger partial charge in [0.2, 0.25) is 0 Å². The van der Waals surface area contributed by atoms with E-state index in [1.807, 2.05) is 6.92 Å². The van der Waals surface area contributed by atoms with Crippen LogP contribution in [0, 0.1) is 0 Å². The molecule has 1 amide bonds. The van der Waals surface area contributed by atoms with Crippen LogP contribution < -0.4 is 5.59 Å². The predicted molar refractivity (Wildman–Crippen MR) is 52.2 cm³/mol. The fourth-order valence-electron chi connectivity index (χ4n) is 2.13. The molecule has 6 nitrogen and oxygen atoms in total. The van der Waals surface area contributed by atoms with E-state index in [9.17, 15) is 4.79 Å². The molecule has 2 heterocycles. The van der Waals surface area contributed by atoms with Gasteiger partial charge in [-0.3, -0.25) is 9.91 Å². The highest BCUT2D eigenvalue weighted by Crippen LogP contribution is 2.31. The number of nitrogens with one attached hydrogen (secondary N) is 1. The maximum Gasteiger partial charge on any atom is 0.409 e. The Morgan fingerprint density at radius 2 is 2.40 bits per heavy atom. The second-order valence-corrected chi connectivity index (χ2v) is 3.97. The molecule has 0 aromatic rings. The van der Waals surface area contributed by atoms with E-state index < -0.39 is 11.8 Å². The number of hydrogen-bond donors (Lipinski definition) is 2. The SMILES string of the molecule is CC1(N2C=CON2)CCCCN1C(=O)O. The van der Waals surface area contributed by atoms with Gasteiger partial charge in [0.25, 0.3) is 0 Å². The molecule has 0 saturated carbocycles. The Morgan fingerprint density at radius 1 is 1.60 bits per heavy atom. The molecule has 1 saturated heterocycles. The molecule has 0 aromatic carbocycles. The minimum absolute atomic E-state index is 0.558. The Morgan fingerprint density at radius 3 is 3.00 bits per heavy atom. The molecule has 1 atom stereocenters. The van der Waals surface area contributed by atoms with Gasteiger partial charge in [-0.25, -0.2) is 4.79 Å². The van der Waals surface area contributed by atoms with Crippen molar-refractivity contribution in [2.45, 2.75) is 31.8 Å². The molecule has 0 spiro atoms. The Labute approximate surface area is 88.0 Å². The van der Waals surface area contributed by atoms with Gasteiger partial charge in [-0.05, 0) is 26.2 Å². The third-order valence-corrected chi connectivity index (χ3v) is 3.04. The molecule has 0 aliphatic carbocycles. The number of hydrazine groups is 1. The number of amides is 1. The molecule has 0 aromatic heterocycles. The fourth-order valence-corrected chi connectivity index (χ4v) is 2.13. The first-order valence-corrected chi connectivity index (χ1v) is 5.02. The maximum atomic E-state index is 11.1. The molecule has 2 aliphatic heterocycles. The van der Waals surface area contributed by atoms with E-state index in [2.05, 4.69) is 5.59 Å². The fraction of sp³-hybridized carbons (Fsp3) is 0.667. The normalized spacial score (nSPS) is 30.5. The predicted octanol–water partition coefficient (Wildman–Crippen LogP) is 1.09.